The van der Waals surface area contributed by atoms with Crippen LogP contribution < -0.4 is 0 Å². The van der Waals surface area contributed by atoms with Crippen molar-refractivity contribution in [2.75, 3.05) is 72.6 Å². The molecule has 0 N–H and O–H groups in total. The number of rotatable bonds is 8. The number of piperidine rings is 1. The molecule has 0 bridgehead atoms. The molecule has 4 aliphatic heterocycles. The normalized spacial score (nSPS) is 21.4. The summed E-state index contributed by atoms with van der Waals surface area (Å²) in [5, 5.41) is 1.91. The van der Waals surface area contributed by atoms with Gasteiger partial charge >= 0.3 is 6.09 Å². The van der Waals surface area contributed by atoms with Crippen molar-refractivity contribution in [3.63, 3.8) is 0 Å². The second kappa shape index (κ2) is 18.9. The Labute approximate surface area is 320 Å². The maximum atomic E-state index is 13.0. The molecule has 0 saturated carbocycles. The third-order valence-corrected chi connectivity index (χ3v) is 11.6. The summed E-state index contributed by atoms with van der Waals surface area (Å²) in [4.78, 5) is 59.3. The predicted octanol–water partition coefficient (Wildman–Crippen LogP) is 6.10. The zero-order valence-electron chi connectivity index (χ0n) is 29.1. The summed E-state index contributed by atoms with van der Waals surface area (Å²) >= 11 is 24.0. The number of ether oxygens (including phenoxy) is 1. The van der Waals surface area contributed by atoms with Gasteiger partial charge in [0.25, 0.3) is 0 Å². The molecule has 10 nitrogen and oxygen atoms in total. The first-order chi connectivity index (χ1) is 24.5. The van der Waals surface area contributed by atoms with E-state index in [0.29, 0.717) is 64.9 Å². The van der Waals surface area contributed by atoms with Gasteiger partial charge in [-0.25, -0.2) is 4.79 Å². The van der Waals surface area contributed by atoms with Gasteiger partial charge in [0.15, 0.2) is 0 Å². The van der Waals surface area contributed by atoms with Crippen LogP contribution >= 0.6 is 46.4 Å². The molecule has 0 radical (unpaired) electrons. The Kier molecular flexibility index (Phi) is 14.7. The minimum Gasteiger partial charge on any atom is -0.453 e. The molecule has 2 aromatic carbocycles. The van der Waals surface area contributed by atoms with E-state index in [2.05, 4.69) is 9.80 Å². The van der Waals surface area contributed by atoms with Crippen LogP contribution in [0.2, 0.25) is 20.1 Å². The minimum absolute atomic E-state index is 0.0359. The summed E-state index contributed by atoms with van der Waals surface area (Å²) < 4.78 is 4.87. The number of carbonyl (C=O) groups is 4. The number of ketones is 1. The first kappa shape index (κ1) is 39.6. The van der Waals surface area contributed by atoms with Crippen molar-refractivity contribution in [2.24, 2.45) is 0 Å². The summed E-state index contributed by atoms with van der Waals surface area (Å²) in [5.41, 5.74) is 1.72. The van der Waals surface area contributed by atoms with E-state index < -0.39 is 0 Å². The Morgan fingerprint density at radius 3 is 1.80 bits per heavy atom. The third-order valence-electron chi connectivity index (χ3n) is 10.1. The molecular formula is C37H47Cl4N5O5. The number of halogens is 4. The molecule has 0 aromatic heterocycles. The van der Waals surface area contributed by atoms with Gasteiger partial charge in [-0.2, -0.15) is 0 Å². The molecule has 4 aliphatic rings. The number of hydrogen-bond acceptors (Lipinski definition) is 7. The van der Waals surface area contributed by atoms with Crippen molar-refractivity contribution in [3.05, 3.63) is 67.6 Å². The molecule has 51 heavy (non-hydrogen) atoms. The lowest BCUT2D eigenvalue weighted by atomic mass is 10.00. The van der Waals surface area contributed by atoms with E-state index >= 15 is 0 Å². The van der Waals surface area contributed by atoms with E-state index in [-0.39, 0.29) is 36.4 Å². The second-order valence-electron chi connectivity index (χ2n) is 13.8. The smallest absolute Gasteiger partial charge is 0.409 e. The van der Waals surface area contributed by atoms with E-state index in [1.165, 1.54) is 20.0 Å². The SMILES string of the molecule is COC(=O)N1CCN(C(=O)Cc2ccc(Cl)c(Cl)c2)C(CN2CCCC2)C1.O=C1CCN(CC2CCCCN2C(=O)Cc2ccc(Cl)c(Cl)c2)C1. The predicted molar refractivity (Wildman–Crippen MR) is 201 cm³/mol. The van der Waals surface area contributed by atoms with Crippen molar-refractivity contribution in [1.29, 1.82) is 0 Å². The van der Waals surface area contributed by atoms with Gasteiger partial charge in [-0.05, 0) is 80.6 Å². The second-order valence-corrected chi connectivity index (χ2v) is 15.4. The monoisotopic (exact) mass is 781 g/mol. The molecule has 2 unspecified atom stereocenters. The number of nitrogens with zero attached hydrogens (tertiary/aromatic N) is 5. The Morgan fingerprint density at radius 1 is 0.686 bits per heavy atom. The van der Waals surface area contributed by atoms with E-state index in [4.69, 9.17) is 51.1 Å². The number of amides is 3. The van der Waals surface area contributed by atoms with Crippen molar-refractivity contribution in [2.45, 2.75) is 63.5 Å². The molecule has 4 saturated heterocycles. The number of Topliss-reactive ketones (excluding diaryl/α,β-unsaturated/α-hetero) is 1. The van der Waals surface area contributed by atoms with Gasteiger partial charge in [-0.15, -0.1) is 0 Å². The zero-order chi connectivity index (χ0) is 36.5. The van der Waals surface area contributed by atoms with Crippen molar-refractivity contribution in [1.82, 2.24) is 24.5 Å². The van der Waals surface area contributed by atoms with E-state index in [0.717, 1.165) is 69.7 Å². The van der Waals surface area contributed by atoms with Crippen molar-refractivity contribution >= 4 is 70.1 Å². The lowest BCUT2D eigenvalue weighted by Crippen LogP contribution is -2.59. The van der Waals surface area contributed by atoms with Gasteiger partial charge in [0.2, 0.25) is 11.8 Å². The lowest BCUT2D eigenvalue weighted by Gasteiger charge is -2.42. The van der Waals surface area contributed by atoms with Gasteiger partial charge in [0.1, 0.15) is 5.78 Å². The van der Waals surface area contributed by atoms with Crippen LogP contribution in [0.4, 0.5) is 4.79 Å². The van der Waals surface area contributed by atoms with Crippen molar-refractivity contribution in [3.8, 4) is 0 Å². The summed E-state index contributed by atoms with van der Waals surface area (Å²) in [6, 6.07) is 10.8. The number of piperazine rings is 1. The molecule has 2 aromatic rings. The molecule has 4 fully saturated rings. The molecule has 3 amide bonds. The van der Waals surface area contributed by atoms with Gasteiger partial charge in [-0.3, -0.25) is 19.3 Å². The maximum Gasteiger partial charge on any atom is 0.409 e. The largest absolute Gasteiger partial charge is 0.453 e. The topological polar surface area (TPSA) is 93.7 Å². The van der Waals surface area contributed by atoms with Gasteiger partial charge < -0.3 is 24.3 Å². The number of benzene rings is 2. The summed E-state index contributed by atoms with van der Waals surface area (Å²) in [6.07, 6.45) is 6.48. The van der Waals surface area contributed by atoms with Crippen LogP contribution in [0.5, 0.6) is 0 Å². The molecule has 14 heteroatoms. The van der Waals surface area contributed by atoms with Gasteiger partial charge in [0.05, 0.1) is 52.6 Å². The van der Waals surface area contributed by atoms with Gasteiger partial charge in [-0.1, -0.05) is 58.5 Å². The van der Waals surface area contributed by atoms with Crippen LogP contribution in [0.1, 0.15) is 49.7 Å². The molecule has 278 valence electrons. The fourth-order valence-corrected chi connectivity index (χ4v) is 8.05. The molecule has 6 rings (SSSR count). The van der Waals surface area contributed by atoms with E-state index in [1.54, 1.807) is 29.2 Å². The first-order valence-electron chi connectivity index (χ1n) is 17.8. The highest BCUT2D eigenvalue weighted by Crippen LogP contribution is 2.26. The molecular weight excluding hydrogens is 736 g/mol. The van der Waals surface area contributed by atoms with E-state index in [1.807, 2.05) is 21.9 Å². The number of likely N-dealkylation sites (tertiary alicyclic amines) is 3. The number of hydrogen-bond donors (Lipinski definition) is 0. The standard InChI is InChI=1S/C19H25Cl2N3O3.C18H22Cl2N2O2/c1-27-19(26)23-8-9-24(15(13-23)12-22-6-2-3-7-22)18(25)11-14-4-5-16(20)17(21)10-14;19-16-5-4-13(9-17(16)20)10-18(24)22-7-2-1-3-14(22)11-21-8-6-15(23)12-21/h4-5,10,15H,2-3,6-9,11-13H2,1H3;4-5,9,14H,1-3,6-8,10-12H2. The summed E-state index contributed by atoms with van der Waals surface area (Å²) in [7, 11) is 1.39. The molecule has 0 aliphatic carbocycles. The average molecular weight is 784 g/mol. The van der Waals surface area contributed by atoms with Crippen LogP contribution in [-0.4, -0.2) is 133 Å². The highest BCUT2D eigenvalue weighted by atomic mass is 35.5. The number of carbonyl (C=O) groups excluding carboxylic acids is 4. The zero-order valence-corrected chi connectivity index (χ0v) is 32.2. The quantitative estimate of drug-likeness (QED) is 0.320. The fourth-order valence-electron chi connectivity index (χ4n) is 7.41. The molecule has 4 heterocycles. The fraction of sp³-hybridized carbons (Fsp3) is 0.568. The van der Waals surface area contributed by atoms with Crippen LogP contribution in [0.25, 0.3) is 0 Å². The summed E-state index contributed by atoms with van der Waals surface area (Å²) in [6.45, 7) is 7.31. The first-order valence-corrected chi connectivity index (χ1v) is 19.3. The Balaban J connectivity index is 0.000000199. The number of methoxy groups -OCH3 is 1. The van der Waals surface area contributed by atoms with Gasteiger partial charge in [0, 0.05) is 58.3 Å². The highest BCUT2D eigenvalue weighted by molar-refractivity contribution is 6.42. The maximum absolute atomic E-state index is 13.0. The molecule has 2 atom stereocenters. The van der Waals surface area contributed by atoms with Crippen molar-refractivity contribution < 1.29 is 23.9 Å². The van der Waals surface area contributed by atoms with Crippen LogP contribution in [0.15, 0.2) is 36.4 Å². The van der Waals surface area contributed by atoms with Crippen LogP contribution in [0, 0.1) is 0 Å². The van der Waals surface area contributed by atoms with E-state index in [9.17, 15) is 19.2 Å². The third kappa shape index (κ3) is 11.2. The average Bonchev–Trinajstić information content (AvgIpc) is 3.79. The van der Waals surface area contributed by atoms with Crippen LogP contribution in [-0.2, 0) is 32.0 Å². The molecule has 0 spiro atoms. The van der Waals surface area contributed by atoms with Crippen LogP contribution in [0.3, 0.4) is 0 Å². The minimum atomic E-state index is -0.335. The Bertz CT molecular complexity index is 1560. The lowest BCUT2D eigenvalue weighted by molar-refractivity contribution is -0.136. The Morgan fingerprint density at radius 2 is 1.25 bits per heavy atom. The summed E-state index contributed by atoms with van der Waals surface area (Å²) in [5.74, 6) is 0.477. The Hall–Kier alpha value is -2.60. The highest BCUT2D eigenvalue weighted by Gasteiger charge is 2.35.